The molecule has 0 aliphatic carbocycles. The Bertz CT molecular complexity index is 629. The Balaban J connectivity index is 2.12. The Labute approximate surface area is 115 Å². The van der Waals surface area contributed by atoms with Crippen molar-refractivity contribution in [3.05, 3.63) is 60.3 Å². The van der Waals surface area contributed by atoms with Gasteiger partial charge in [-0.15, -0.1) is 0 Å². The summed E-state index contributed by atoms with van der Waals surface area (Å²) in [5, 5.41) is 0.403. The van der Waals surface area contributed by atoms with Crippen LogP contribution in [0.2, 0.25) is 5.15 Å². The first-order valence-corrected chi connectivity index (χ1v) is 6.06. The Kier molecular flexibility index (Phi) is 3.16. The van der Waals surface area contributed by atoms with E-state index in [0.717, 1.165) is 16.8 Å². The molecule has 3 heterocycles. The molecule has 0 aliphatic rings. The SMILES string of the molecule is Clc1cc(-c2ccncc2)nc(-c2cccnc2)n1. The molecule has 0 N–H and O–H groups in total. The molecular weight excluding hydrogens is 260 g/mol. The van der Waals surface area contributed by atoms with Crippen molar-refractivity contribution in [3.8, 4) is 22.6 Å². The molecule has 0 aliphatic heterocycles. The zero-order valence-electron chi connectivity index (χ0n) is 9.86. The summed E-state index contributed by atoms with van der Waals surface area (Å²) in [5.41, 5.74) is 2.55. The maximum atomic E-state index is 6.06. The van der Waals surface area contributed by atoms with Gasteiger partial charge in [-0.25, -0.2) is 9.97 Å². The van der Waals surface area contributed by atoms with Crippen molar-refractivity contribution in [1.82, 2.24) is 19.9 Å². The van der Waals surface area contributed by atoms with E-state index in [1.54, 1.807) is 30.9 Å². The smallest absolute Gasteiger partial charge is 0.163 e. The van der Waals surface area contributed by atoms with Crippen molar-refractivity contribution < 1.29 is 0 Å². The summed E-state index contributed by atoms with van der Waals surface area (Å²) in [6.45, 7) is 0. The maximum absolute atomic E-state index is 6.06. The van der Waals surface area contributed by atoms with Crippen molar-refractivity contribution in [2.24, 2.45) is 0 Å². The first kappa shape index (κ1) is 11.7. The van der Waals surface area contributed by atoms with Gasteiger partial charge in [0.1, 0.15) is 5.15 Å². The highest BCUT2D eigenvalue weighted by atomic mass is 35.5. The van der Waals surface area contributed by atoms with Crippen LogP contribution in [0.25, 0.3) is 22.6 Å². The van der Waals surface area contributed by atoms with Crippen LogP contribution in [0, 0.1) is 0 Å². The van der Waals surface area contributed by atoms with E-state index in [4.69, 9.17) is 11.6 Å². The van der Waals surface area contributed by atoms with Gasteiger partial charge in [-0.1, -0.05) is 11.6 Å². The predicted octanol–water partition coefficient (Wildman–Crippen LogP) is 3.25. The van der Waals surface area contributed by atoms with Crippen molar-refractivity contribution in [1.29, 1.82) is 0 Å². The largest absolute Gasteiger partial charge is 0.265 e. The van der Waals surface area contributed by atoms with Crippen molar-refractivity contribution >= 4 is 11.6 Å². The summed E-state index contributed by atoms with van der Waals surface area (Å²) in [4.78, 5) is 16.8. The third-order valence-corrected chi connectivity index (χ3v) is 2.78. The minimum atomic E-state index is 0.403. The zero-order valence-corrected chi connectivity index (χ0v) is 10.6. The van der Waals surface area contributed by atoms with Crippen LogP contribution >= 0.6 is 11.6 Å². The van der Waals surface area contributed by atoms with Crippen LogP contribution in [0.5, 0.6) is 0 Å². The van der Waals surface area contributed by atoms with Crippen LogP contribution in [0.4, 0.5) is 0 Å². The standard InChI is InChI=1S/C14H9ClN4/c15-13-8-12(10-3-6-16-7-4-10)18-14(19-13)11-2-1-5-17-9-11/h1-9H. The summed E-state index contributed by atoms with van der Waals surface area (Å²) < 4.78 is 0. The highest BCUT2D eigenvalue weighted by Gasteiger charge is 2.07. The molecular formula is C14H9ClN4. The number of hydrogen-bond acceptors (Lipinski definition) is 4. The molecule has 0 unspecified atom stereocenters. The topological polar surface area (TPSA) is 51.6 Å². The molecule has 3 aromatic heterocycles. The van der Waals surface area contributed by atoms with Gasteiger partial charge in [0.15, 0.2) is 5.82 Å². The second kappa shape index (κ2) is 5.12. The normalized spacial score (nSPS) is 10.4. The Morgan fingerprint density at radius 2 is 1.68 bits per heavy atom. The van der Waals surface area contributed by atoms with Gasteiger partial charge in [0.25, 0.3) is 0 Å². The fraction of sp³-hybridized carbons (Fsp3) is 0. The molecule has 0 radical (unpaired) electrons. The monoisotopic (exact) mass is 268 g/mol. The average molecular weight is 269 g/mol. The molecule has 3 aromatic rings. The molecule has 19 heavy (non-hydrogen) atoms. The van der Waals surface area contributed by atoms with Crippen LogP contribution in [-0.2, 0) is 0 Å². The van der Waals surface area contributed by atoms with Gasteiger partial charge in [0, 0.05) is 42.0 Å². The van der Waals surface area contributed by atoms with Gasteiger partial charge in [-0.05, 0) is 24.3 Å². The first-order chi connectivity index (χ1) is 9.33. The molecule has 0 amide bonds. The fourth-order valence-corrected chi connectivity index (χ4v) is 1.90. The molecule has 0 spiro atoms. The van der Waals surface area contributed by atoms with Crippen LogP contribution in [0.1, 0.15) is 0 Å². The second-order valence-electron chi connectivity index (χ2n) is 3.88. The summed E-state index contributed by atoms with van der Waals surface area (Å²) in [5.74, 6) is 0.562. The minimum absolute atomic E-state index is 0.403. The van der Waals surface area contributed by atoms with Crippen molar-refractivity contribution in [3.63, 3.8) is 0 Å². The molecule has 0 fully saturated rings. The van der Waals surface area contributed by atoms with E-state index in [1.165, 1.54) is 0 Å². The molecule has 92 valence electrons. The molecule has 0 saturated carbocycles. The van der Waals surface area contributed by atoms with Gasteiger partial charge in [0.2, 0.25) is 0 Å². The third kappa shape index (κ3) is 2.58. The quantitative estimate of drug-likeness (QED) is 0.670. The van der Waals surface area contributed by atoms with Gasteiger partial charge in [-0.2, -0.15) is 0 Å². The first-order valence-electron chi connectivity index (χ1n) is 5.68. The van der Waals surface area contributed by atoms with Crippen LogP contribution in [-0.4, -0.2) is 19.9 Å². The van der Waals surface area contributed by atoms with E-state index >= 15 is 0 Å². The van der Waals surface area contributed by atoms with Crippen LogP contribution in [0.3, 0.4) is 0 Å². The summed E-state index contributed by atoms with van der Waals surface area (Å²) in [7, 11) is 0. The van der Waals surface area contributed by atoms with Gasteiger partial charge in [-0.3, -0.25) is 9.97 Å². The predicted molar refractivity (Wildman–Crippen MR) is 73.5 cm³/mol. The van der Waals surface area contributed by atoms with Gasteiger partial charge >= 0.3 is 0 Å². The molecule has 0 bridgehead atoms. The van der Waals surface area contributed by atoms with E-state index in [9.17, 15) is 0 Å². The molecule has 5 heteroatoms. The Morgan fingerprint density at radius 1 is 0.842 bits per heavy atom. The number of nitrogens with zero attached hydrogens (tertiary/aromatic N) is 4. The molecule has 4 nitrogen and oxygen atoms in total. The molecule has 0 saturated heterocycles. The number of pyridine rings is 2. The highest BCUT2D eigenvalue weighted by molar-refractivity contribution is 6.29. The number of hydrogen-bond donors (Lipinski definition) is 0. The van der Waals surface area contributed by atoms with E-state index in [2.05, 4.69) is 19.9 Å². The lowest BCUT2D eigenvalue weighted by molar-refractivity contribution is 1.16. The highest BCUT2D eigenvalue weighted by Crippen LogP contribution is 2.23. The van der Waals surface area contributed by atoms with Crippen molar-refractivity contribution in [2.75, 3.05) is 0 Å². The van der Waals surface area contributed by atoms with Crippen LogP contribution < -0.4 is 0 Å². The summed E-state index contributed by atoms with van der Waals surface area (Å²) in [6, 6.07) is 9.23. The second-order valence-corrected chi connectivity index (χ2v) is 4.26. The third-order valence-electron chi connectivity index (χ3n) is 2.59. The molecule has 3 rings (SSSR count). The van der Waals surface area contributed by atoms with Gasteiger partial charge in [0.05, 0.1) is 5.69 Å². The summed E-state index contributed by atoms with van der Waals surface area (Å²) >= 11 is 6.06. The fourth-order valence-electron chi connectivity index (χ4n) is 1.71. The Morgan fingerprint density at radius 3 is 2.42 bits per heavy atom. The van der Waals surface area contributed by atoms with E-state index in [0.29, 0.717) is 11.0 Å². The number of halogens is 1. The molecule has 0 aromatic carbocycles. The average Bonchev–Trinajstić information content (AvgIpc) is 2.48. The molecule has 0 atom stereocenters. The summed E-state index contributed by atoms with van der Waals surface area (Å²) in [6.07, 6.45) is 6.85. The maximum Gasteiger partial charge on any atom is 0.163 e. The van der Waals surface area contributed by atoms with E-state index < -0.39 is 0 Å². The lowest BCUT2D eigenvalue weighted by Crippen LogP contribution is -1.93. The van der Waals surface area contributed by atoms with E-state index in [1.807, 2.05) is 24.3 Å². The van der Waals surface area contributed by atoms with E-state index in [-0.39, 0.29) is 0 Å². The van der Waals surface area contributed by atoms with Gasteiger partial charge < -0.3 is 0 Å². The van der Waals surface area contributed by atoms with Crippen molar-refractivity contribution in [2.45, 2.75) is 0 Å². The minimum Gasteiger partial charge on any atom is -0.265 e. The number of aromatic nitrogens is 4. The van der Waals surface area contributed by atoms with Crippen LogP contribution in [0.15, 0.2) is 55.1 Å². The number of rotatable bonds is 2. The lowest BCUT2D eigenvalue weighted by Gasteiger charge is -2.05. The lowest BCUT2D eigenvalue weighted by atomic mass is 10.2. The zero-order chi connectivity index (χ0) is 13.1. The Hall–Kier alpha value is -2.33.